The second kappa shape index (κ2) is 10.5. The number of hydrogen-bond acceptors (Lipinski definition) is 8. The minimum atomic E-state index is -1.81. The van der Waals surface area contributed by atoms with Crippen LogP contribution in [-0.4, -0.2) is 24.2 Å². The van der Waals surface area contributed by atoms with Crippen molar-refractivity contribution in [3.05, 3.63) is 0 Å². The van der Waals surface area contributed by atoms with Gasteiger partial charge in [0.1, 0.15) is 0 Å². The molecule has 86 valence electrons. The summed E-state index contributed by atoms with van der Waals surface area (Å²) >= 11 is 0. The number of carbonyl (C=O) groups is 4. The Kier molecular flexibility index (Phi) is 13.3. The van der Waals surface area contributed by atoms with Gasteiger partial charge in [0.2, 0.25) is 11.9 Å². The molecule has 0 saturated carbocycles. The number of esters is 2. The van der Waals surface area contributed by atoms with E-state index in [-0.39, 0.29) is 17.1 Å². The van der Waals surface area contributed by atoms with E-state index >= 15 is 0 Å². The molecule has 0 aromatic carbocycles. The summed E-state index contributed by atoms with van der Waals surface area (Å²) in [5.74, 6) is -1.75. The molecule has 0 radical (unpaired) electrons. The van der Waals surface area contributed by atoms with Crippen LogP contribution in [0.2, 0.25) is 0 Å². The Morgan fingerprint density at radius 3 is 1.00 bits per heavy atom. The second-order valence-electron chi connectivity index (χ2n) is 1.69. The molecular formula is C6H6FeO8. The molecule has 0 aromatic rings. The molecule has 0 rings (SSSR count). The normalized spacial score (nSPS) is 7.07. The van der Waals surface area contributed by atoms with Gasteiger partial charge in [0.05, 0.1) is 0 Å². The number of ether oxygens (including phenoxy) is 2. The Balaban J connectivity index is -0.000000180. The van der Waals surface area contributed by atoms with E-state index < -0.39 is 24.2 Å². The van der Waals surface area contributed by atoms with Crippen LogP contribution < -0.4 is 10.2 Å². The van der Waals surface area contributed by atoms with E-state index in [0.29, 0.717) is 0 Å². The van der Waals surface area contributed by atoms with Gasteiger partial charge in [-0.3, -0.25) is 9.59 Å². The standard InChI is InChI=1S/2C3H4O4.Fe/c2*1-2(4)7-3(5)6;/h2*1H3,(H,5,6);/q;;+2/p-2. The number of carboxylic acid groups (broad SMARTS) is 2. The number of carbonyl (C=O) groups excluding carboxylic acids is 4. The molecule has 0 N–H and O–H groups in total. The van der Waals surface area contributed by atoms with Gasteiger partial charge in [-0.05, 0) is 0 Å². The van der Waals surface area contributed by atoms with Gasteiger partial charge in [-0.2, -0.15) is 0 Å². The quantitative estimate of drug-likeness (QED) is 0.272. The van der Waals surface area contributed by atoms with E-state index in [1.807, 2.05) is 0 Å². The third-order valence-electron chi connectivity index (χ3n) is 0.454. The van der Waals surface area contributed by atoms with Crippen LogP contribution in [0, 0.1) is 0 Å². The fraction of sp³-hybridized carbons (Fsp3) is 0.333. The molecule has 0 aliphatic carbocycles. The Morgan fingerprint density at radius 2 is 1.00 bits per heavy atom. The van der Waals surface area contributed by atoms with E-state index in [9.17, 15) is 29.4 Å². The van der Waals surface area contributed by atoms with Gasteiger partial charge in [-0.15, -0.1) is 0 Å². The zero-order valence-corrected chi connectivity index (χ0v) is 8.72. The fourth-order valence-electron chi connectivity index (χ4n) is 0.235. The molecule has 9 heteroatoms. The maximum Gasteiger partial charge on any atom is 2.00 e. The van der Waals surface area contributed by atoms with E-state index in [1.54, 1.807) is 0 Å². The molecule has 0 unspecified atom stereocenters. The summed E-state index contributed by atoms with van der Waals surface area (Å²) in [7, 11) is 0. The van der Waals surface area contributed by atoms with Gasteiger partial charge in [0.25, 0.3) is 12.3 Å². The molecule has 0 atom stereocenters. The first-order chi connectivity index (χ1) is 6.25. The maximum atomic E-state index is 9.61. The van der Waals surface area contributed by atoms with Crippen LogP contribution in [0.3, 0.4) is 0 Å². The summed E-state index contributed by atoms with van der Waals surface area (Å²) in [4.78, 5) is 37.7. The first-order valence-corrected chi connectivity index (χ1v) is 3.04. The van der Waals surface area contributed by atoms with Gasteiger partial charge >= 0.3 is 17.1 Å². The van der Waals surface area contributed by atoms with E-state index in [1.165, 1.54) is 0 Å². The topological polar surface area (TPSA) is 133 Å². The smallest absolute Gasteiger partial charge is 0.484 e. The van der Waals surface area contributed by atoms with Crippen LogP contribution in [0.15, 0.2) is 0 Å². The molecule has 0 aliphatic heterocycles. The number of hydrogen-bond donors (Lipinski definition) is 0. The van der Waals surface area contributed by atoms with Crippen LogP contribution in [-0.2, 0) is 36.1 Å². The predicted molar refractivity (Wildman–Crippen MR) is 34.3 cm³/mol. The van der Waals surface area contributed by atoms with Crippen molar-refractivity contribution >= 4 is 24.2 Å². The molecule has 0 saturated heterocycles. The van der Waals surface area contributed by atoms with Gasteiger partial charge < -0.3 is 29.3 Å². The van der Waals surface area contributed by atoms with Crippen molar-refractivity contribution in [2.24, 2.45) is 0 Å². The second-order valence-corrected chi connectivity index (χ2v) is 1.69. The zero-order valence-electron chi connectivity index (χ0n) is 7.62. The van der Waals surface area contributed by atoms with E-state index in [4.69, 9.17) is 0 Å². The minimum absolute atomic E-state index is 0. The fourth-order valence-corrected chi connectivity index (χ4v) is 0.235. The Hall–Kier alpha value is -1.60. The van der Waals surface area contributed by atoms with Crippen LogP contribution in [0.4, 0.5) is 9.59 Å². The monoisotopic (exact) mass is 262 g/mol. The van der Waals surface area contributed by atoms with Gasteiger partial charge in [0.15, 0.2) is 0 Å². The molecule has 0 heterocycles. The Bertz CT molecular complexity index is 198. The van der Waals surface area contributed by atoms with Crippen molar-refractivity contribution in [3.63, 3.8) is 0 Å². The Morgan fingerprint density at radius 1 is 0.800 bits per heavy atom. The molecule has 15 heavy (non-hydrogen) atoms. The summed E-state index contributed by atoms with van der Waals surface area (Å²) in [6.45, 7) is 1.96. The molecule has 0 spiro atoms. The number of rotatable bonds is 0. The zero-order chi connectivity index (χ0) is 11.7. The SMILES string of the molecule is CC(=O)OC(=O)[O-].CC(=O)OC(=O)[O-].[Fe+2]. The molecule has 0 aliphatic rings. The molecule has 0 aromatic heterocycles. The van der Waals surface area contributed by atoms with Crippen molar-refractivity contribution in [1.29, 1.82) is 0 Å². The van der Waals surface area contributed by atoms with Crippen molar-refractivity contribution < 1.29 is 55.9 Å². The van der Waals surface area contributed by atoms with E-state index in [0.717, 1.165) is 13.8 Å². The molecule has 0 fully saturated rings. The average molecular weight is 262 g/mol. The third-order valence-corrected chi connectivity index (χ3v) is 0.454. The molecule has 8 nitrogen and oxygen atoms in total. The summed E-state index contributed by atoms with van der Waals surface area (Å²) in [6.07, 6.45) is -3.62. The molecular weight excluding hydrogens is 256 g/mol. The third kappa shape index (κ3) is 32.7. The van der Waals surface area contributed by atoms with Gasteiger partial charge in [-0.1, -0.05) is 0 Å². The summed E-state index contributed by atoms with van der Waals surface area (Å²) < 4.78 is 6.83. The first-order valence-electron chi connectivity index (χ1n) is 3.04. The summed E-state index contributed by atoms with van der Waals surface area (Å²) in [5.41, 5.74) is 0. The van der Waals surface area contributed by atoms with Crippen LogP contribution in [0.5, 0.6) is 0 Å². The average Bonchev–Trinajstić information content (AvgIpc) is 1.79. The van der Waals surface area contributed by atoms with Crippen LogP contribution in [0.25, 0.3) is 0 Å². The van der Waals surface area contributed by atoms with Crippen molar-refractivity contribution in [1.82, 2.24) is 0 Å². The largest absolute Gasteiger partial charge is 2.00 e. The maximum absolute atomic E-state index is 9.61. The molecule has 0 bridgehead atoms. The summed E-state index contributed by atoms with van der Waals surface area (Å²) in [5, 5.41) is 18.5. The van der Waals surface area contributed by atoms with Crippen molar-refractivity contribution in [2.45, 2.75) is 13.8 Å². The van der Waals surface area contributed by atoms with Crippen molar-refractivity contribution in [2.75, 3.05) is 0 Å². The minimum Gasteiger partial charge on any atom is -0.484 e. The molecule has 0 amide bonds. The Labute approximate surface area is 94.6 Å². The van der Waals surface area contributed by atoms with Gasteiger partial charge in [0, 0.05) is 13.8 Å². The van der Waals surface area contributed by atoms with E-state index in [2.05, 4.69) is 9.47 Å². The first kappa shape index (κ1) is 19.0. The van der Waals surface area contributed by atoms with Crippen LogP contribution in [0.1, 0.15) is 13.8 Å². The van der Waals surface area contributed by atoms with Crippen molar-refractivity contribution in [3.8, 4) is 0 Å². The van der Waals surface area contributed by atoms with Crippen LogP contribution >= 0.6 is 0 Å². The summed E-state index contributed by atoms with van der Waals surface area (Å²) in [6, 6.07) is 0. The van der Waals surface area contributed by atoms with Gasteiger partial charge in [-0.25, -0.2) is 0 Å². The predicted octanol–water partition coefficient (Wildman–Crippen LogP) is -2.22.